The van der Waals surface area contributed by atoms with E-state index >= 15 is 0 Å². The summed E-state index contributed by atoms with van der Waals surface area (Å²) in [4.78, 5) is 10.7. The molecule has 0 bridgehead atoms. The van der Waals surface area contributed by atoms with E-state index in [1.54, 1.807) is 6.08 Å². The molecule has 0 aromatic rings. The van der Waals surface area contributed by atoms with Gasteiger partial charge in [0.2, 0.25) is 0 Å². The monoisotopic (exact) mass is 264 g/mol. The molecule has 17 heavy (non-hydrogen) atoms. The molecule has 6 heteroatoms. The minimum atomic E-state index is -3.47. The number of hydrogen-bond acceptors (Lipinski definition) is 5. The van der Waals surface area contributed by atoms with Gasteiger partial charge in [-0.15, -0.1) is 0 Å². The van der Waals surface area contributed by atoms with Crippen molar-refractivity contribution in [3.63, 3.8) is 0 Å². The molecule has 0 fully saturated rings. The van der Waals surface area contributed by atoms with Crippen molar-refractivity contribution in [1.82, 2.24) is 0 Å². The normalized spacial score (nSPS) is 14.2. The molecular formula is C11H20O5S. The van der Waals surface area contributed by atoms with Crippen LogP contribution < -0.4 is 0 Å². The van der Waals surface area contributed by atoms with E-state index in [0.29, 0.717) is 5.92 Å². The number of esters is 1. The van der Waals surface area contributed by atoms with Gasteiger partial charge in [-0.3, -0.25) is 8.98 Å². The van der Waals surface area contributed by atoms with Gasteiger partial charge in [-0.1, -0.05) is 26.0 Å². The largest absolute Gasteiger partial charge is 0.465 e. The summed E-state index contributed by atoms with van der Waals surface area (Å²) < 4.78 is 31.2. The van der Waals surface area contributed by atoms with E-state index in [0.717, 1.165) is 6.26 Å². The topological polar surface area (TPSA) is 69.7 Å². The Bertz CT molecular complexity index is 356. The molecule has 0 aliphatic carbocycles. The summed E-state index contributed by atoms with van der Waals surface area (Å²) in [5, 5.41) is 0. The number of carbonyl (C=O) groups is 1. The molecule has 0 amide bonds. The van der Waals surface area contributed by atoms with Crippen molar-refractivity contribution in [3.05, 3.63) is 12.2 Å². The third-order valence-corrected chi connectivity index (χ3v) is 2.33. The van der Waals surface area contributed by atoms with Crippen LogP contribution in [0.1, 0.15) is 20.8 Å². The van der Waals surface area contributed by atoms with E-state index in [1.807, 2.05) is 19.9 Å². The predicted octanol–water partition coefficient (Wildman–Crippen LogP) is 1.35. The fourth-order valence-electron chi connectivity index (χ4n) is 0.974. The van der Waals surface area contributed by atoms with Crippen LogP contribution >= 0.6 is 0 Å². The molecule has 0 heterocycles. The van der Waals surface area contributed by atoms with Crippen LogP contribution in [0.4, 0.5) is 0 Å². The third kappa shape index (κ3) is 11.4. The molecule has 0 N–H and O–H groups in total. The number of allylic oxidation sites excluding steroid dienone is 1. The zero-order valence-electron chi connectivity index (χ0n) is 10.7. The van der Waals surface area contributed by atoms with E-state index in [-0.39, 0.29) is 19.1 Å². The van der Waals surface area contributed by atoms with Crippen molar-refractivity contribution in [3.8, 4) is 0 Å². The standard InChI is InChI=1S/C11H20O5S/c1-9(2)5-6-11(7-15-10(3)12)8-16-17(4,13)14/h5-6,9,11H,7-8H2,1-4H3/b6-5+/t11-/m0/s1. The molecule has 0 aromatic carbocycles. The second kappa shape index (κ2) is 7.45. The van der Waals surface area contributed by atoms with Crippen LogP contribution in [0.15, 0.2) is 12.2 Å². The lowest BCUT2D eigenvalue weighted by Crippen LogP contribution is -2.18. The lowest BCUT2D eigenvalue weighted by molar-refractivity contribution is -0.142. The van der Waals surface area contributed by atoms with Crippen LogP contribution in [-0.2, 0) is 23.8 Å². The quantitative estimate of drug-likeness (QED) is 0.394. The minimum absolute atomic E-state index is 0.0185. The molecule has 0 rings (SSSR count). The van der Waals surface area contributed by atoms with Crippen LogP contribution in [-0.4, -0.2) is 33.9 Å². The number of hydrogen-bond donors (Lipinski definition) is 0. The zero-order valence-corrected chi connectivity index (χ0v) is 11.5. The average molecular weight is 264 g/mol. The van der Waals surface area contributed by atoms with Gasteiger partial charge in [0, 0.05) is 12.8 Å². The lowest BCUT2D eigenvalue weighted by Gasteiger charge is -2.12. The molecule has 100 valence electrons. The van der Waals surface area contributed by atoms with Gasteiger partial charge in [-0.2, -0.15) is 8.42 Å². The van der Waals surface area contributed by atoms with Crippen LogP contribution in [0.25, 0.3) is 0 Å². The Morgan fingerprint density at radius 2 is 1.82 bits per heavy atom. The van der Waals surface area contributed by atoms with Gasteiger partial charge in [-0.05, 0) is 5.92 Å². The Balaban J connectivity index is 4.34. The molecule has 0 saturated carbocycles. The highest BCUT2D eigenvalue weighted by Gasteiger charge is 2.11. The Labute approximate surface area is 103 Å². The smallest absolute Gasteiger partial charge is 0.302 e. The van der Waals surface area contributed by atoms with Crippen molar-refractivity contribution in [2.24, 2.45) is 11.8 Å². The fourth-order valence-corrected chi connectivity index (χ4v) is 1.40. The van der Waals surface area contributed by atoms with Crippen molar-refractivity contribution in [2.45, 2.75) is 20.8 Å². The van der Waals surface area contributed by atoms with Crippen molar-refractivity contribution < 1.29 is 22.1 Å². The van der Waals surface area contributed by atoms with E-state index in [2.05, 4.69) is 4.18 Å². The van der Waals surface area contributed by atoms with E-state index in [9.17, 15) is 13.2 Å². The highest BCUT2D eigenvalue weighted by Crippen LogP contribution is 2.06. The van der Waals surface area contributed by atoms with Gasteiger partial charge >= 0.3 is 5.97 Å². The van der Waals surface area contributed by atoms with E-state index < -0.39 is 16.1 Å². The fraction of sp³-hybridized carbons (Fsp3) is 0.727. The van der Waals surface area contributed by atoms with Gasteiger partial charge in [0.15, 0.2) is 0 Å². The van der Waals surface area contributed by atoms with E-state index in [1.165, 1.54) is 6.92 Å². The highest BCUT2D eigenvalue weighted by atomic mass is 32.2. The summed E-state index contributed by atoms with van der Waals surface area (Å²) in [6.07, 6.45) is 4.71. The second-order valence-electron chi connectivity index (χ2n) is 4.18. The molecule has 0 spiro atoms. The Morgan fingerprint density at radius 3 is 2.24 bits per heavy atom. The third-order valence-electron chi connectivity index (χ3n) is 1.77. The maximum atomic E-state index is 10.9. The first-order chi connectivity index (χ1) is 7.70. The molecule has 5 nitrogen and oxygen atoms in total. The molecule has 0 aliphatic heterocycles. The van der Waals surface area contributed by atoms with E-state index in [4.69, 9.17) is 4.74 Å². The Morgan fingerprint density at radius 1 is 1.24 bits per heavy atom. The first-order valence-electron chi connectivity index (χ1n) is 5.37. The molecule has 0 aliphatic rings. The van der Waals surface area contributed by atoms with Crippen molar-refractivity contribution in [2.75, 3.05) is 19.5 Å². The van der Waals surface area contributed by atoms with Crippen molar-refractivity contribution >= 4 is 16.1 Å². The SMILES string of the molecule is CC(=O)OC[C@H](/C=C/C(C)C)COS(C)(=O)=O. The maximum Gasteiger partial charge on any atom is 0.302 e. The van der Waals surface area contributed by atoms with Crippen LogP contribution in [0, 0.1) is 11.8 Å². The first kappa shape index (κ1) is 16.1. The number of rotatable bonds is 7. The number of carbonyl (C=O) groups excluding carboxylic acids is 1. The Kier molecular flexibility index (Phi) is 7.06. The average Bonchev–Trinajstić information content (AvgIpc) is 2.14. The van der Waals surface area contributed by atoms with Gasteiger partial charge in [-0.25, -0.2) is 0 Å². The molecule has 0 saturated heterocycles. The summed E-state index contributed by atoms with van der Waals surface area (Å²) in [7, 11) is -3.47. The number of ether oxygens (including phenoxy) is 1. The summed E-state index contributed by atoms with van der Waals surface area (Å²) >= 11 is 0. The Hall–Kier alpha value is -0.880. The second-order valence-corrected chi connectivity index (χ2v) is 5.82. The summed E-state index contributed by atoms with van der Waals surface area (Å²) in [6, 6.07) is 0. The predicted molar refractivity (Wildman–Crippen MR) is 64.9 cm³/mol. The van der Waals surface area contributed by atoms with Crippen LogP contribution in [0.3, 0.4) is 0 Å². The first-order valence-corrected chi connectivity index (χ1v) is 7.18. The molecule has 0 radical (unpaired) electrons. The van der Waals surface area contributed by atoms with Gasteiger partial charge < -0.3 is 4.74 Å². The minimum Gasteiger partial charge on any atom is -0.465 e. The maximum absolute atomic E-state index is 10.9. The summed E-state index contributed by atoms with van der Waals surface area (Å²) in [6.45, 7) is 5.40. The van der Waals surface area contributed by atoms with Crippen molar-refractivity contribution in [1.29, 1.82) is 0 Å². The summed E-state index contributed by atoms with van der Waals surface area (Å²) in [5.41, 5.74) is 0. The zero-order chi connectivity index (χ0) is 13.5. The summed E-state index contributed by atoms with van der Waals surface area (Å²) in [5.74, 6) is -0.309. The van der Waals surface area contributed by atoms with Gasteiger partial charge in [0.1, 0.15) is 0 Å². The molecule has 1 atom stereocenters. The van der Waals surface area contributed by atoms with Crippen LogP contribution in [0.5, 0.6) is 0 Å². The highest BCUT2D eigenvalue weighted by molar-refractivity contribution is 7.85. The van der Waals surface area contributed by atoms with Crippen LogP contribution in [0.2, 0.25) is 0 Å². The molecular weight excluding hydrogens is 244 g/mol. The molecule has 0 unspecified atom stereocenters. The van der Waals surface area contributed by atoms with Gasteiger partial charge in [0.25, 0.3) is 10.1 Å². The van der Waals surface area contributed by atoms with Gasteiger partial charge in [0.05, 0.1) is 19.5 Å². The molecule has 0 aromatic heterocycles. The lowest BCUT2D eigenvalue weighted by atomic mass is 10.1.